The van der Waals surface area contributed by atoms with E-state index in [9.17, 15) is 28.3 Å². The first-order valence-electron chi connectivity index (χ1n) is 6.99. The van der Waals surface area contributed by atoms with Crippen molar-refractivity contribution in [2.75, 3.05) is 20.3 Å². The molecule has 1 aromatic rings. The second-order valence-electron chi connectivity index (χ2n) is 5.26. The number of nitrogens with zero attached hydrogens (tertiary/aromatic N) is 1. The zero-order valence-corrected chi connectivity index (χ0v) is 12.6. The molecule has 1 aromatic heterocycles. The van der Waals surface area contributed by atoms with Gasteiger partial charge in [0.2, 0.25) is 5.91 Å². The molecule has 11 heteroatoms. The molecule has 2 rings (SSSR count). The summed E-state index contributed by atoms with van der Waals surface area (Å²) in [6, 6.07) is -0.160. The van der Waals surface area contributed by atoms with Gasteiger partial charge in [0.1, 0.15) is 11.6 Å². The monoisotopic (exact) mass is 346 g/mol. The summed E-state index contributed by atoms with van der Waals surface area (Å²) in [4.78, 5) is 40.8. The topological polar surface area (TPSA) is 133 Å². The SMILES string of the molecule is COc1nc(C(=O)NCC(CO)NC(=O)C2CC2(F)F)cc(=O)[nH]1. The Labute approximate surface area is 134 Å². The summed E-state index contributed by atoms with van der Waals surface area (Å²) in [5, 5.41) is 13.7. The van der Waals surface area contributed by atoms with Crippen LogP contribution in [0.25, 0.3) is 0 Å². The predicted molar refractivity (Wildman–Crippen MR) is 75.8 cm³/mol. The maximum atomic E-state index is 12.8. The Morgan fingerprint density at radius 1 is 1.58 bits per heavy atom. The van der Waals surface area contributed by atoms with E-state index >= 15 is 0 Å². The van der Waals surface area contributed by atoms with Crippen LogP contribution in [-0.4, -0.2) is 59.1 Å². The normalized spacial score (nSPS) is 19.2. The smallest absolute Gasteiger partial charge is 0.296 e. The third-order valence-electron chi connectivity index (χ3n) is 3.36. The minimum Gasteiger partial charge on any atom is -0.468 e. The van der Waals surface area contributed by atoms with Gasteiger partial charge in [-0.2, -0.15) is 4.98 Å². The number of aromatic amines is 1. The maximum absolute atomic E-state index is 12.8. The highest BCUT2D eigenvalue weighted by Crippen LogP contribution is 2.48. The summed E-state index contributed by atoms with van der Waals surface area (Å²) in [6.45, 7) is -0.785. The van der Waals surface area contributed by atoms with Crippen LogP contribution < -0.4 is 20.9 Å². The van der Waals surface area contributed by atoms with Crippen molar-refractivity contribution in [1.82, 2.24) is 20.6 Å². The van der Waals surface area contributed by atoms with E-state index in [0.717, 1.165) is 6.07 Å². The van der Waals surface area contributed by atoms with Crippen molar-refractivity contribution in [3.05, 3.63) is 22.1 Å². The summed E-state index contributed by atoms with van der Waals surface area (Å²) < 4.78 is 30.3. The van der Waals surface area contributed by atoms with E-state index in [1.165, 1.54) is 7.11 Å². The van der Waals surface area contributed by atoms with Crippen LogP contribution in [0.4, 0.5) is 8.78 Å². The first kappa shape index (κ1) is 17.8. The number of methoxy groups -OCH3 is 1. The molecule has 2 amide bonds. The molecule has 0 saturated heterocycles. The molecule has 1 saturated carbocycles. The van der Waals surface area contributed by atoms with E-state index in [4.69, 9.17) is 4.74 Å². The molecule has 24 heavy (non-hydrogen) atoms. The number of amides is 2. The van der Waals surface area contributed by atoms with Crippen molar-refractivity contribution in [1.29, 1.82) is 0 Å². The number of ether oxygens (including phenoxy) is 1. The molecule has 1 aliphatic carbocycles. The number of aromatic nitrogens is 2. The number of carbonyl (C=O) groups is 2. The van der Waals surface area contributed by atoms with Crippen molar-refractivity contribution in [2.45, 2.75) is 18.4 Å². The Morgan fingerprint density at radius 3 is 2.79 bits per heavy atom. The molecular weight excluding hydrogens is 330 g/mol. The van der Waals surface area contributed by atoms with Crippen molar-refractivity contribution < 1.29 is 28.2 Å². The standard InChI is InChI=1S/C13H16F2N4O5/c1-24-12-18-8(2-9(21)19-12)11(23)16-4-6(5-20)17-10(22)7-3-13(7,14)15/h2,6-7,20H,3-5H2,1H3,(H,16,23)(H,17,22)(H,18,19,21). The summed E-state index contributed by atoms with van der Waals surface area (Å²) >= 11 is 0. The second-order valence-corrected chi connectivity index (χ2v) is 5.26. The number of aliphatic hydroxyl groups is 1. The van der Waals surface area contributed by atoms with Crippen LogP contribution in [0.3, 0.4) is 0 Å². The third kappa shape index (κ3) is 4.25. The molecule has 9 nitrogen and oxygen atoms in total. The van der Waals surface area contributed by atoms with Gasteiger partial charge in [-0.15, -0.1) is 0 Å². The Kier molecular flexibility index (Phi) is 5.12. The van der Waals surface area contributed by atoms with Gasteiger partial charge in [0, 0.05) is 19.0 Å². The summed E-state index contributed by atoms with van der Waals surface area (Å²) in [5.41, 5.74) is -0.831. The second kappa shape index (κ2) is 6.91. The molecule has 1 aliphatic rings. The van der Waals surface area contributed by atoms with E-state index < -0.39 is 48.3 Å². The van der Waals surface area contributed by atoms with Gasteiger partial charge in [-0.05, 0) is 0 Å². The number of halogens is 2. The lowest BCUT2D eigenvalue weighted by molar-refractivity contribution is -0.125. The van der Waals surface area contributed by atoms with Gasteiger partial charge in [0.15, 0.2) is 0 Å². The number of carbonyl (C=O) groups excluding carboxylic acids is 2. The average Bonchev–Trinajstić information content (AvgIpc) is 3.18. The number of H-pyrrole nitrogens is 1. The van der Waals surface area contributed by atoms with Crippen LogP contribution >= 0.6 is 0 Å². The summed E-state index contributed by atoms with van der Waals surface area (Å²) in [6.07, 6.45) is -0.528. The zero-order valence-electron chi connectivity index (χ0n) is 12.6. The van der Waals surface area contributed by atoms with Gasteiger partial charge in [-0.3, -0.25) is 19.4 Å². The number of alkyl halides is 2. The largest absolute Gasteiger partial charge is 0.468 e. The Morgan fingerprint density at radius 2 is 2.25 bits per heavy atom. The first-order valence-corrected chi connectivity index (χ1v) is 6.99. The molecule has 0 spiro atoms. The molecule has 0 bridgehead atoms. The molecule has 132 valence electrons. The van der Waals surface area contributed by atoms with Gasteiger partial charge in [0.25, 0.3) is 23.4 Å². The molecule has 0 radical (unpaired) electrons. The molecule has 0 aliphatic heterocycles. The lowest BCUT2D eigenvalue weighted by atomic mass is 10.2. The van der Waals surface area contributed by atoms with Gasteiger partial charge < -0.3 is 20.5 Å². The van der Waals surface area contributed by atoms with Gasteiger partial charge >= 0.3 is 0 Å². The van der Waals surface area contributed by atoms with Gasteiger partial charge in [0.05, 0.1) is 19.8 Å². The predicted octanol–water partition coefficient (Wildman–Crippen LogP) is -1.36. The minimum atomic E-state index is -3.02. The third-order valence-corrected chi connectivity index (χ3v) is 3.36. The number of aliphatic hydroxyl groups excluding tert-OH is 1. The minimum absolute atomic E-state index is 0.157. The van der Waals surface area contributed by atoms with E-state index in [1.54, 1.807) is 0 Å². The average molecular weight is 346 g/mol. The molecule has 4 N–H and O–H groups in total. The number of nitrogens with one attached hydrogen (secondary N) is 3. The van der Waals surface area contributed by atoms with Crippen molar-refractivity contribution in [3.8, 4) is 6.01 Å². The molecular formula is C13H16F2N4O5. The van der Waals surface area contributed by atoms with Crippen LogP contribution in [0.5, 0.6) is 6.01 Å². The lowest BCUT2D eigenvalue weighted by Crippen LogP contribution is -2.47. The van der Waals surface area contributed by atoms with E-state index in [-0.39, 0.29) is 18.2 Å². The Bertz CT molecular complexity index is 693. The van der Waals surface area contributed by atoms with Crippen molar-refractivity contribution in [3.63, 3.8) is 0 Å². The van der Waals surface area contributed by atoms with Crippen LogP contribution in [0.15, 0.2) is 10.9 Å². The molecule has 2 unspecified atom stereocenters. The number of hydrogen-bond donors (Lipinski definition) is 4. The first-order chi connectivity index (χ1) is 11.3. The maximum Gasteiger partial charge on any atom is 0.296 e. The van der Waals surface area contributed by atoms with Gasteiger partial charge in [-0.25, -0.2) is 8.78 Å². The highest BCUT2D eigenvalue weighted by molar-refractivity contribution is 5.92. The van der Waals surface area contributed by atoms with Crippen LogP contribution in [0, 0.1) is 5.92 Å². The van der Waals surface area contributed by atoms with Crippen molar-refractivity contribution in [2.24, 2.45) is 5.92 Å². The molecule has 2 atom stereocenters. The van der Waals surface area contributed by atoms with E-state index in [2.05, 4.69) is 20.6 Å². The Hall–Kier alpha value is -2.56. The molecule has 1 fully saturated rings. The highest BCUT2D eigenvalue weighted by atomic mass is 19.3. The number of hydrogen-bond acceptors (Lipinski definition) is 6. The Balaban J connectivity index is 1.90. The lowest BCUT2D eigenvalue weighted by Gasteiger charge is -2.16. The zero-order chi connectivity index (χ0) is 17.9. The quantitative estimate of drug-likeness (QED) is 0.482. The fourth-order valence-electron chi connectivity index (χ4n) is 1.92. The van der Waals surface area contributed by atoms with Gasteiger partial charge in [-0.1, -0.05) is 0 Å². The fourth-order valence-corrected chi connectivity index (χ4v) is 1.92. The fraction of sp³-hybridized carbons (Fsp3) is 0.538. The molecule has 1 heterocycles. The van der Waals surface area contributed by atoms with E-state index in [1.807, 2.05) is 0 Å². The van der Waals surface area contributed by atoms with E-state index in [0.29, 0.717) is 0 Å². The van der Waals surface area contributed by atoms with Crippen LogP contribution in [0.1, 0.15) is 16.9 Å². The van der Waals surface area contributed by atoms with Crippen LogP contribution in [0.2, 0.25) is 0 Å². The summed E-state index contributed by atoms with van der Waals surface area (Å²) in [7, 11) is 1.25. The highest BCUT2D eigenvalue weighted by Gasteiger charge is 2.61. The van der Waals surface area contributed by atoms with Crippen LogP contribution in [-0.2, 0) is 4.79 Å². The molecule has 0 aromatic carbocycles. The number of rotatable bonds is 7. The van der Waals surface area contributed by atoms with Crippen molar-refractivity contribution >= 4 is 11.8 Å². The summed E-state index contributed by atoms with van der Waals surface area (Å²) in [5.74, 6) is -6.05.